The van der Waals surface area contributed by atoms with Crippen molar-refractivity contribution in [2.45, 2.75) is 6.04 Å². The Bertz CT molecular complexity index is 803. The molecule has 22 heavy (non-hydrogen) atoms. The molecule has 6 nitrogen and oxygen atoms in total. The van der Waals surface area contributed by atoms with E-state index >= 15 is 0 Å². The van der Waals surface area contributed by atoms with Crippen molar-refractivity contribution in [1.29, 1.82) is 0 Å². The quantitative estimate of drug-likeness (QED) is 0.804. The SMILES string of the molecule is COc1ccc(C2C=C(c3ccco3)Nc3ncnn32)cc1. The molecule has 4 rings (SSSR count). The zero-order valence-corrected chi connectivity index (χ0v) is 11.9. The first-order chi connectivity index (χ1) is 10.8. The van der Waals surface area contributed by atoms with Gasteiger partial charge in [0.1, 0.15) is 23.9 Å². The molecule has 3 aromatic rings. The first-order valence-corrected chi connectivity index (χ1v) is 6.91. The fourth-order valence-corrected chi connectivity index (χ4v) is 2.55. The molecule has 1 N–H and O–H groups in total. The topological polar surface area (TPSA) is 65.1 Å². The highest BCUT2D eigenvalue weighted by molar-refractivity contribution is 5.74. The van der Waals surface area contributed by atoms with Gasteiger partial charge < -0.3 is 14.5 Å². The first kappa shape index (κ1) is 12.7. The summed E-state index contributed by atoms with van der Waals surface area (Å²) in [5.41, 5.74) is 1.98. The minimum atomic E-state index is -0.0512. The summed E-state index contributed by atoms with van der Waals surface area (Å²) in [4.78, 5) is 4.26. The van der Waals surface area contributed by atoms with Crippen LogP contribution in [-0.4, -0.2) is 21.9 Å². The number of rotatable bonds is 3. The van der Waals surface area contributed by atoms with Crippen LogP contribution in [0.5, 0.6) is 5.75 Å². The van der Waals surface area contributed by atoms with Crippen molar-refractivity contribution in [3.05, 3.63) is 66.4 Å². The molecule has 1 unspecified atom stereocenters. The standard InChI is InChI=1S/C16H14N4O2/c1-21-12-6-4-11(5-7-12)14-9-13(15-3-2-8-22-15)19-16-17-10-18-20(14)16/h2-10,14H,1H3,(H,17,18,19). The minimum absolute atomic E-state index is 0.0512. The number of hydrogen-bond donors (Lipinski definition) is 1. The summed E-state index contributed by atoms with van der Waals surface area (Å²) in [6, 6.07) is 11.6. The molecule has 0 bridgehead atoms. The number of aromatic nitrogens is 3. The number of methoxy groups -OCH3 is 1. The lowest BCUT2D eigenvalue weighted by Gasteiger charge is -2.23. The van der Waals surface area contributed by atoms with Gasteiger partial charge in [0.25, 0.3) is 0 Å². The molecule has 0 fully saturated rings. The van der Waals surface area contributed by atoms with E-state index < -0.39 is 0 Å². The molecule has 0 saturated heterocycles. The molecule has 110 valence electrons. The Labute approximate surface area is 127 Å². The van der Waals surface area contributed by atoms with E-state index in [-0.39, 0.29) is 6.04 Å². The van der Waals surface area contributed by atoms with Crippen LogP contribution in [0.4, 0.5) is 5.95 Å². The number of nitrogens with one attached hydrogen (secondary N) is 1. The van der Waals surface area contributed by atoms with Crippen LogP contribution >= 0.6 is 0 Å². The lowest BCUT2D eigenvalue weighted by molar-refractivity contribution is 0.414. The fourth-order valence-electron chi connectivity index (χ4n) is 2.55. The number of benzene rings is 1. The highest BCUT2D eigenvalue weighted by Crippen LogP contribution is 2.32. The Balaban J connectivity index is 1.78. The van der Waals surface area contributed by atoms with Gasteiger partial charge in [-0.15, -0.1) is 0 Å². The maximum absolute atomic E-state index is 5.48. The summed E-state index contributed by atoms with van der Waals surface area (Å²) in [5, 5.41) is 7.54. The van der Waals surface area contributed by atoms with Crippen molar-refractivity contribution in [3.63, 3.8) is 0 Å². The Morgan fingerprint density at radius 2 is 2.09 bits per heavy atom. The van der Waals surface area contributed by atoms with Gasteiger partial charge in [-0.2, -0.15) is 10.1 Å². The lowest BCUT2D eigenvalue weighted by atomic mass is 10.0. The predicted octanol–water partition coefficient (Wildman–Crippen LogP) is 2.94. The zero-order valence-electron chi connectivity index (χ0n) is 11.9. The van der Waals surface area contributed by atoms with Crippen LogP contribution in [0.25, 0.3) is 5.70 Å². The van der Waals surface area contributed by atoms with Crippen molar-refractivity contribution < 1.29 is 9.15 Å². The summed E-state index contributed by atoms with van der Waals surface area (Å²) >= 11 is 0. The molecule has 3 heterocycles. The molecule has 1 aliphatic heterocycles. The number of nitrogens with zero attached hydrogens (tertiary/aromatic N) is 3. The minimum Gasteiger partial charge on any atom is -0.497 e. The third-order valence-corrected chi connectivity index (χ3v) is 3.65. The van der Waals surface area contributed by atoms with Crippen molar-refractivity contribution >= 4 is 11.6 Å². The van der Waals surface area contributed by atoms with Crippen molar-refractivity contribution in [1.82, 2.24) is 14.8 Å². The molecule has 1 atom stereocenters. The molecule has 0 amide bonds. The van der Waals surface area contributed by atoms with Gasteiger partial charge in [0, 0.05) is 0 Å². The smallest absolute Gasteiger partial charge is 0.226 e. The van der Waals surface area contributed by atoms with Gasteiger partial charge in [-0.3, -0.25) is 0 Å². The number of hydrogen-bond acceptors (Lipinski definition) is 5. The Kier molecular flexibility index (Phi) is 2.93. The summed E-state index contributed by atoms with van der Waals surface area (Å²) in [5.74, 6) is 2.29. The third-order valence-electron chi connectivity index (χ3n) is 3.65. The van der Waals surface area contributed by atoms with Crippen LogP contribution in [0.3, 0.4) is 0 Å². The number of fused-ring (bicyclic) bond motifs is 1. The molecule has 0 aliphatic carbocycles. The molecule has 0 saturated carbocycles. The Hall–Kier alpha value is -3.02. The van der Waals surface area contributed by atoms with Crippen LogP contribution < -0.4 is 10.1 Å². The van der Waals surface area contributed by atoms with E-state index in [1.165, 1.54) is 6.33 Å². The van der Waals surface area contributed by atoms with Gasteiger partial charge >= 0.3 is 0 Å². The van der Waals surface area contributed by atoms with Gasteiger partial charge in [-0.05, 0) is 35.9 Å². The van der Waals surface area contributed by atoms with Crippen molar-refractivity contribution in [2.75, 3.05) is 12.4 Å². The van der Waals surface area contributed by atoms with Gasteiger partial charge in [-0.1, -0.05) is 12.1 Å². The van der Waals surface area contributed by atoms with E-state index in [9.17, 15) is 0 Å². The van der Waals surface area contributed by atoms with Crippen LogP contribution in [-0.2, 0) is 0 Å². The Morgan fingerprint density at radius 3 is 2.82 bits per heavy atom. The summed E-state index contributed by atoms with van der Waals surface area (Å²) < 4.78 is 12.5. The molecule has 0 spiro atoms. The van der Waals surface area contributed by atoms with Crippen LogP contribution in [0.2, 0.25) is 0 Å². The average molecular weight is 294 g/mol. The third kappa shape index (κ3) is 2.05. The second-order valence-corrected chi connectivity index (χ2v) is 4.93. The predicted molar refractivity (Wildman–Crippen MR) is 81.5 cm³/mol. The second-order valence-electron chi connectivity index (χ2n) is 4.93. The summed E-state index contributed by atoms with van der Waals surface area (Å²) in [7, 11) is 1.66. The number of anilines is 1. The zero-order chi connectivity index (χ0) is 14.9. The maximum Gasteiger partial charge on any atom is 0.226 e. The van der Waals surface area contributed by atoms with Crippen LogP contribution in [0.1, 0.15) is 17.4 Å². The highest BCUT2D eigenvalue weighted by Gasteiger charge is 2.24. The largest absolute Gasteiger partial charge is 0.497 e. The van der Waals surface area contributed by atoms with Crippen molar-refractivity contribution in [3.8, 4) is 5.75 Å². The summed E-state index contributed by atoms with van der Waals surface area (Å²) in [6.45, 7) is 0. The molecule has 0 radical (unpaired) electrons. The van der Waals surface area contributed by atoms with Crippen LogP contribution in [0.15, 0.2) is 59.5 Å². The highest BCUT2D eigenvalue weighted by atomic mass is 16.5. The van der Waals surface area contributed by atoms with E-state index in [0.29, 0.717) is 5.95 Å². The van der Waals surface area contributed by atoms with E-state index in [0.717, 1.165) is 22.8 Å². The molecule has 1 aliphatic rings. The fraction of sp³-hybridized carbons (Fsp3) is 0.125. The van der Waals surface area contributed by atoms with Gasteiger partial charge in [0.05, 0.1) is 19.1 Å². The van der Waals surface area contributed by atoms with E-state index in [2.05, 4.69) is 21.5 Å². The average Bonchev–Trinajstić information content (AvgIpc) is 3.25. The van der Waals surface area contributed by atoms with E-state index in [1.54, 1.807) is 13.4 Å². The van der Waals surface area contributed by atoms with Crippen molar-refractivity contribution in [2.24, 2.45) is 0 Å². The molecule has 2 aromatic heterocycles. The van der Waals surface area contributed by atoms with Gasteiger partial charge in [0.15, 0.2) is 0 Å². The number of allylic oxidation sites excluding steroid dienone is 1. The van der Waals surface area contributed by atoms with Gasteiger partial charge in [0.2, 0.25) is 5.95 Å². The molecular weight excluding hydrogens is 280 g/mol. The van der Waals surface area contributed by atoms with Gasteiger partial charge in [-0.25, -0.2) is 4.68 Å². The normalized spacial score (nSPS) is 16.6. The monoisotopic (exact) mass is 294 g/mol. The van der Waals surface area contributed by atoms with Crippen LogP contribution in [0, 0.1) is 0 Å². The lowest BCUT2D eigenvalue weighted by Crippen LogP contribution is -2.20. The number of furan rings is 1. The summed E-state index contributed by atoms with van der Waals surface area (Å²) in [6.07, 6.45) is 5.26. The molecule has 6 heteroatoms. The van der Waals surface area contributed by atoms with E-state index in [1.807, 2.05) is 41.1 Å². The first-order valence-electron chi connectivity index (χ1n) is 6.91. The maximum atomic E-state index is 5.48. The van der Waals surface area contributed by atoms with E-state index in [4.69, 9.17) is 9.15 Å². The second kappa shape index (κ2) is 5.07. The molecular formula is C16H14N4O2. The number of ether oxygens (including phenoxy) is 1. The Morgan fingerprint density at radius 1 is 1.23 bits per heavy atom. The molecule has 1 aromatic carbocycles.